The topological polar surface area (TPSA) is 9.23 Å². The highest BCUT2D eigenvalue weighted by Gasteiger charge is 2.00. The number of methoxy groups -OCH3 is 1. The quantitative estimate of drug-likeness (QED) is 0.667. The van der Waals surface area contributed by atoms with Gasteiger partial charge >= 0.3 is 0 Å². The van der Waals surface area contributed by atoms with Crippen molar-refractivity contribution >= 4 is 11.3 Å². The van der Waals surface area contributed by atoms with Gasteiger partial charge in [-0.3, -0.25) is 0 Å². The van der Waals surface area contributed by atoms with Crippen LogP contribution < -0.4 is 4.74 Å². The van der Waals surface area contributed by atoms with Gasteiger partial charge in [0.05, 0.1) is 7.11 Å². The number of rotatable bonds is 2. The molecule has 2 rings (SSSR count). The van der Waals surface area contributed by atoms with E-state index in [1.54, 1.807) is 7.11 Å². The van der Waals surface area contributed by atoms with Gasteiger partial charge in [0, 0.05) is 9.75 Å². The highest BCUT2D eigenvalue weighted by molar-refractivity contribution is 7.15. The van der Waals surface area contributed by atoms with Crippen molar-refractivity contribution in [2.24, 2.45) is 0 Å². The molecule has 0 aliphatic heterocycles. The lowest BCUT2D eigenvalue weighted by Crippen LogP contribution is -1.81. The Morgan fingerprint density at radius 1 is 0.833 bits per heavy atom. The molecule has 2 heteroatoms. The predicted octanol–water partition coefficient (Wildman–Crippen LogP) is 5.78. The van der Waals surface area contributed by atoms with Crippen LogP contribution in [0.5, 0.6) is 5.75 Å². The lowest BCUT2D eigenvalue weighted by atomic mass is 10.2. The van der Waals surface area contributed by atoms with Crippen molar-refractivity contribution in [3.63, 3.8) is 0 Å². The fourth-order valence-corrected chi connectivity index (χ4v) is 2.22. The molecule has 0 atom stereocenters. The fourth-order valence-electron chi connectivity index (χ4n) is 1.34. The monoisotopic (exact) mass is 264 g/mol. The van der Waals surface area contributed by atoms with Gasteiger partial charge in [-0.25, -0.2) is 0 Å². The minimum absolute atomic E-state index is 0.905. The molecule has 0 spiro atoms. The number of thiophene rings is 1. The molecule has 0 bridgehead atoms. The fraction of sp³-hybridized carbons (Fsp3) is 0.375. The largest absolute Gasteiger partial charge is 0.497 e. The highest BCUT2D eigenvalue weighted by Crippen LogP contribution is 2.28. The summed E-state index contributed by atoms with van der Waals surface area (Å²) < 4.78 is 5.11. The minimum atomic E-state index is 0.905. The Morgan fingerprint density at radius 2 is 1.39 bits per heavy atom. The Hall–Kier alpha value is -1.28. The van der Waals surface area contributed by atoms with Crippen molar-refractivity contribution in [2.75, 3.05) is 7.11 Å². The van der Waals surface area contributed by atoms with Crippen molar-refractivity contribution in [2.45, 2.75) is 34.6 Å². The van der Waals surface area contributed by atoms with Gasteiger partial charge in [-0.15, -0.1) is 11.3 Å². The summed E-state index contributed by atoms with van der Waals surface area (Å²) in [6, 6.07) is 12.5. The lowest BCUT2D eigenvalue weighted by molar-refractivity contribution is 0.415. The van der Waals surface area contributed by atoms with E-state index in [1.165, 1.54) is 15.3 Å². The van der Waals surface area contributed by atoms with Gasteiger partial charge in [0.2, 0.25) is 0 Å². The second kappa shape index (κ2) is 9.72. The van der Waals surface area contributed by atoms with Crippen molar-refractivity contribution in [1.82, 2.24) is 0 Å². The maximum Gasteiger partial charge on any atom is 0.118 e. The Labute approximate surface area is 115 Å². The van der Waals surface area contributed by atoms with Crippen LogP contribution in [0.15, 0.2) is 36.4 Å². The molecule has 0 fully saturated rings. The van der Waals surface area contributed by atoms with Gasteiger partial charge in [-0.05, 0) is 48.9 Å². The third-order valence-electron chi connectivity index (χ3n) is 2.11. The molecule has 2 aromatic rings. The van der Waals surface area contributed by atoms with Crippen LogP contribution in [0, 0.1) is 6.92 Å². The summed E-state index contributed by atoms with van der Waals surface area (Å²) >= 11 is 1.81. The number of hydrogen-bond acceptors (Lipinski definition) is 2. The van der Waals surface area contributed by atoms with Crippen LogP contribution in [-0.4, -0.2) is 7.11 Å². The molecular weight excluding hydrogens is 240 g/mol. The standard InChI is InChI=1S/C12H12OS.2C2H6/c1-9-3-8-12(14-9)10-4-6-11(13-2)7-5-10;2*1-2/h3-8H,1-2H3;2*1-2H3. The van der Waals surface area contributed by atoms with Crippen molar-refractivity contribution in [1.29, 1.82) is 0 Å². The smallest absolute Gasteiger partial charge is 0.118 e. The van der Waals surface area contributed by atoms with E-state index in [0.29, 0.717) is 0 Å². The molecule has 0 radical (unpaired) electrons. The first-order valence-corrected chi connectivity index (χ1v) is 7.32. The zero-order valence-electron chi connectivity index (χ0n) is 12.3. The summed E-state index contributed by atoms with van der Waals surface area (Å²) in [6.45, 7) is 10.1. The maximum absolute atomic E-state index is 5.11. The minimum Gasteiger partial charge on any atom is -0.497 e. The predicted molar refractivity (Wildman–Crippen MR) is 83.7 cm³/mol. The average molecular weight is 264 g/mol. The lowest BCUT2D eigenvalue weighted by Gasteiger charge is -2.00. The second-order valence-electron chi connectivity index (χ2n) is 3.14. The van der Waals surface area contributed by atoms with E-state index in [2.05, 4.69) is 31.2 Å². The zero-order valence-corrected chi connectivity index (χ0v) is 13.1. The van der Waals surface area contributed by atoms with Crippen LogP contribution in [0.3, 0.4) is 0 Å². The first-order valence-electron chi connectivity index (χ1n) is 6.50. The van der Waals surface area contributed by atoms with E-state index >= 15 is 0 Å². The molecule has 1 heterocycles. The molecule has 0 unspecified atom stereocenters. The molecular formula is C16H24OS. The molecule has 0 aliphatic rings. The first-order chi connectivity index (χ1) is 8.79. The van der Waals surface area contributed by atoms with Gasteiger partial charge in [0.25, 0.3) is 0 Å². The van der Waals surface area contributed by atoms with Crippen LogP contribution >= 0.6 is 11.3 Å². The summed E-state index contributed by atoms with van der Waals surface area (Å²) in [7, 11) is 1.68. The number of benzene rings is 1. The molecule has 100 valence electrons. The summed E-state index contributed by atoms with van der Waals surface area (Å²) in [5.41, 5.74) is 1.25. The summed E-state index contributed by atoms with van der Waals surface area (Å²) in [5.74, 6) is 0.905. The molecule has 18 heavy (non-hydrogen) atoms. The Balaban J connectivity index is 0.000000659. The van der Waals surface area contributed by atoms with E-state index in [1.807, 2.05) is 51.2 Å². The number of ether oxygens (including phenoxy) is 1. The first kappa shape index (κ1) is 16.7. The normalized spacial score (nSPS) is 8.56. The Morgan fingerprint density at radius 3 is 1.78 bits per heavy atom. The van der Waals surface area contributed by atoms with E-state index in [0.717, 1.165) is 5.75 Å². The molecule has 0 aliphatic carbocycles. The van der Waals surface area contributed by atoms with Gasteiger partial charge in [-0.2, -0.15) is 0 Å². The van der Waals surface area contributed by atoms with Crippen LogP contribution in [0.25, 0.3) is 10.4 Å². The molecule has 0 amide bonds. The number of aryl methyl sites for hydroxylation is 1. The Kier molecular flexibility index (Phi) is 9.03. The molecule has 0 saturated heterocycles. The van der Waals surface area contributed by atoms with Crippen LogP contribution in [-0.2, 0) is 0 Å². The van der Waals surface area contributed by atoms with E-state index < -0.39 is 0 Å². The third kappa shape index (κ3) is 4.92. The van der Waals surface area contributed by atoms with Gasteiger partial charge in [0.15, 0.2) is 0 Å². The maximum atomic E-state index is 5.11. The van der Waals surface area contributed by atoms with E-state index in [-0.39, 0.29) is 0 Å². The van der Waals surface area contributed by atoms with Gasteiger partial charge < -0.3 is 4.74 Å². The van der Waals surface area contributed by atoms with Crippen LogP contribution in [0.1, 0.15) is 32.6 Å². The highest BCUT2D eigenvalue weighted by atomic mass is 32.1. The zero-order chi connectivity index (χ0) is 14.0. The summed E-state index contributed by atoms with van der Waals surface area (Å²) in [5, 5.41) is 0. The average Bonchev–Trinajstić information content (AvgIpc) is 2.90. The van der Waals surface area contributed by atoms with Gasteiger partial charge in [-0.1, -0.05) is 27.7 Å². The van der Waals surface area contributed by atoms with Crippen molar-refractivity contribution < 1.29 is 4.74 Å². The SMILES string of the molecule is CC.CC.COc1ccc(-c2ccc(C)s2)cc1. The third-order valence-corrected chi connectivity index (χ3v) is 3.16. The Bertz CT molecular complexity index is 415. The molecule has 1 aromatic carbocycles. The molecule has 0 N–H and O–H groups in total. The van der Waals surface area contributed by atoms with Crippen molar-refractivity contribution in [3.8, 4) is 16.2 Å². The second-order valence-corrected chi connectivity index (χ2v) is 4.43. The van der Waals surface area contributed by atoms with Gasteiger partial charge in [0.1, 0.15) is 5.75 Å². The van der Waals surface area contributed by atoms with Crippen LogP contribution in [0.4, 0.5) is 0 Å². The molecule has 1 nitrogen and oxygen atoms in total. The van der Waals surface area contributed by atoms with E-state index in [9.17, 15) is 0 Å². The molecule has 1 aromatic heterocycles. The van der Waals surface area contributed by atoms with Crippen LogP contribution in [0.2, 0.25) is 0 Å². The molecule has 0 saturated carbocycles. The van der Waals surface area contributed by atoms with Crippen molar-refractivity contribution in [3.05, 3.63) is 41.3 Å². The van der Waals surface area contributed by atoms with E-state index in [4.69, 9.17) is 4.74 Å². The summed E-state index contributed by atoms with van der Waals surface area (Å²) in [6.07, 6.45) is 0. The number of hydrogen-bond donors (Lipinski definition) is 0. The summed E-state index contributed by atoms with van der Waals surface area (Å²) in [4.78, 5) is 2.65.